The highest BCUT2D eigenvalue weighted by Crippen LogP contribution is 2.33. The van der Waals surface area contributed by atoms with Gasteiger partial charge in [0, 0.05) is 15.8 Å². The Labute approximate surface area is 165 Å². The van der Waals surface area contributed by atoms with E-state index in [0.29, 0.717) is 15.9 Å². The van der Waals surface area contributed by atoms with Crippen LogP contribution in [-0.2, 0) is 11.3 Å². The quantitative estimate of drug-likeness (QED) is 0.459. The van der Waals surface area contributed by atoms with E-state index in [1.165, 1.54) is 33.6 Å². The van der Waals surface area contributed by atoms with Crippen molar-refractivity contribution >= 4 is 50.4 Å². The van der Waals surface area contributed by atoms with Gasteiger partial charge in [-0.2, -0.15) is 5.10 Å². The number of thiophene rings is 2. The van der Waals surface area contributed by atoms with Crippen molar-refractivity contribution in [3.8, 4) is 10.4 Å². The van der Waals surface area contributed by atoms with E-state index in [9.17, 15) is 14.4 Å². The summed E-state index contributed by atoms with van der Waals surface area (Å²) in [4.78, 5) is 42.7. The molecule has 0 aromatic carbocycles. The first-order chi connectivity index (χ1) is 13.5. The fraction of sp³-hybridized carbons (Fsp3) is 0.118. The van der Waals surface area contributed by atoms with Gasteiger partial charge in [-0.1, -0.05) is 6.07 Å². The minimum atomic E-state index is -0.765. The van der Waals surface area contributed by atoms with Crippen LogP contribution >= 0.6 is 22.7 Å². The molecular formula is C17H14N6O3S2. The molecule has 11 heteroatoms. The maximum Gasteiger partial charge on any atom is 0.271 e. The molecule has 9 nitrogen and oxygen atoms in total. The number of anilines is 1. The van der Waals surface area contributed by atoms with Crippen LogP contribution in [0.2, 0.25) is 0 Å². The van der Waals surface area contributed by atoms with Crippen LogP contribution in [0.5, 0.6) is 0 Å². The van der Waals surface area contributed by atoms with Gasteiger partial charge in [0.2, 0.25) is 5.91 Å². The number of rotatable bonds is 5. The molecule has 28 heavy (non-hydrogen) atoms. The van der Waals surface area contributed by atoms with Gasteiger partial charge in [0.1, 0.15) is 11.4 Å². The fourth-order valence-corrected chi connectivity index (χ4v) is 4.51. The maximum absolute atomic E-state index is 12.9. The van der Waals surface area contributed by atoms with Crippen molar-refractivity contribution in [1.29, 1.82) is 0 Å². The van der Waals surface area contributed by atoms with Crippen molar-refractivity contribution in [2.75, 3.05) is 5.32 Å². The predicted octanol–water partition coefficient (Wildman–Crippen LogP) is 1.96. The van der Waals surface area contributed by atoms with Crippen molar-refractivity contribution < 1.29 is 9.59 Å². The lowest BCUT2D eigenvalue weighted by molar-refractivity contribution is -0.116. The minimum Gasteiger partial charge on any atom is -0.364 e. The number of aryl methyl sites for hydroxylation is 1. The molecule has 0 bridgehead atoms. The van der Waals surface area contributed by atoms with Gasteiger partial charge in [0.05, 0.1) is 23.1 Å². The molecule has 0 aliphatic rings. The van der Waals surface area contributed by atoms with E-state index in [-0.39, 0.29) is 23.5 Å². The topological polar surface area (TPSA) is 136 Å². The number of hydrogen-bond acceptors (Lipinski definition) is 7. The molecule has 4 heterocycles. The molecule has 0 aliphatic carbocycles. The van der Waals surface area contributed by atoms with E-state index in [0.717, 1.165) is 10.4 Å². The third-order valence-electron chi connectivity index (χ3n) is 4.11. The lowest BCUT2D eigenvalue weighted by Crippen LogP contribution is -2.28. The van der Waals surface area contributed by atoms with Gasteiger partial charge in [-0.3, -0.25) is 24.0 Å². The van der Waals surface area contributed by atoms with E-state index in [2.05, 4.69) is 20.5 Å². The van der Waals surface area contributed by atoms with Gasteiger partial charge in [-0.05, 0) is 18.4 Å². The molecular weight excluding hydrogens is 400 g/mol. The maximum atomic E-state index is 12.9. The largest absolute Gasteiger partial charge is 0.364 e. The normalized spacial score (nSPS) is 11.0. The molecule has 4 N–H and O–H groups in total. The van der Waals surface area contributed by atoms with Crippen LogP contribution in [0.4, 0.5) is 5.69 Å². The third kappa shape index (κ3) is 3.10. The van der Waals surface area contributed by atoms with E-state index in [1.807, 2.05) is 22.9 Å². The van der Waals surface area contributed by atoms with Crippen LogP contribution < -0.4 is 16.6 Å². The summed E-state index contributed by atoms with van der Waals surface area (Å²) in [5, 5.41) is 13.3. The van der Waals surface area contributed by atoms with Crippen LogP contribution in [0.25, 0.3) is 20.7 Å². The highest BCUT2D eigenvalue weighted by Gasteiger charge is 2.19. The number of aromatic nitrogens is 4. The first-order valence-electron chi connectivity index (χ1n) is 8.11. The predicted molar refractivity (Wildman–Crippen MR) is 108 cm³/mol. The number of H-pyrrole nitrogens is 1. The standard InChI is InChI=1S/C17H14N6O3S2/c1-8-13(14(15(18)25)22-21-8)20-11(24)5-23-7-19-16-12(17(23)26)9(6-28-16)10-3-2-4-27-10/h2-4,6-7H,5H2,1H3,(H2,18,25)(H,20,24)(H,21,22). The number of nitrogens with zero attached hydrogens (tertiary/aromatic N) is 3. The average molecular weight is 414 g/mol. The molecule has 142 valence electrons. The van der Waals surface area contributed by atoms with Crippen molar-refractivity contribution in [3.05, 3.63) is 51.0 Å². The van der Waals surface area contributed by atoms with Crippen molar-refractivity contribution in [1.82, 2.24) is 19.7 Å². The van der Waals surface area contributed by atoms with E-state index in [1.54, 1.807) is 6.92 Å². The molecule has 0 saturated heterocycles. The smallest absolute Gasteiger partial charge is 0.271 e. The van der Waals surface area contributed by atoms with Crippen molar-refractivity contribution in [3.63, 3.8) is 0 Å². The molecule has 4 aromatic heterocycles. The molecule has 0 fully saturated rings. The first-order valence-corrected chi connectivity index (χ1v) is 9.86. The Morgan fingerprint density at radius 3 is 2.89 bits per heavy atom. The molecule has 4 aromatic rings. The summed E-state index contributed by atoms with van der Waals surface area (Å²) in [6.07, 6.45) is 1.34. The number of primary amides is 1. The molecule has 0 aliphatic heterocycles. The van der Waals surface area contributed by atoms with Gasteiger partial charge < -0.3 is 11.1 Å². The summed E-state index contributed by atoms with van der Waals surface area (Å²) in [5.41, 5.74) is 6.39. The Balaban J connectivity index is 1.65. The van der Waals surface area contributed by atoms with Crippen LogP contribution in [-0.4, -0.2) is 31.6 Å². The molecule has 4 rings (SSSR count). The zero-order valence-corrected chi connectivity index (χ0v) is 16.2. The average Bonchev–Trinajstić information content (AvgIpc) is 3.37. The summed E-state index contributed by atoms with van der Waals surface area (Å²) in [6, 6.07) is 3.85. The molecule has 0 unspecified atom stereocenters. The number of hydrogen-bond donors (Lipinski definition) is 3. The summed E-state index contributed by atoms with van der Waals surface area (Å²) >= 11 is 2.91. The zero-order valence-electron chi connectivity index (χ0n) is 14.6. The second kappa shape index (κ2) is 7.02. The Morgan fingerprint density at radius 2 is 2.18 bits per heavy atom. The van der Waals surface area contributed by atoms with E-state index in [4.69, 9.17) is 5.73 Å². The third-order valence-corrected chi connectivity index (χ3v) is 5.90. The summed E-state index contributed by atoms with van der Waals surface area (Å²) in [6.45, 7) is 1.39. The molecule has 0 radical (unpaired) electrons. The van der Waals surface area contributed by atoms with Crippen molar-refractivity contribution in [2.45, 2.75) is 13.5 Å². The number of carbonyl (C=O) groups excluding carboxylic acids is 2. The second-order valence-electron chi connectivity index (χ2n) is 5.97. The summed E-state index contributed by atoms with van der Waals surface area (Å²) < 4.78 is 1.24. The highest BCUT2D eigenvalue weighted by atomic mass is 32.1. The molecule has 2 amide bonds. The number of nitrogens with two attached hydrogens (primary N) is 1. The van der Waals surface area contributed by atoms with Gasteiger partial charge in [0.15, 0.2) is 5.69 Å². The highest BCUT2D eigenvalue weighted by molar-refractivity contribution is 7.18. The monoisotopic (exact) mass is 414 g/mol. The molecule has 0 atom stereocenters. The lowest BCUT2D eigenvalue weighted by atomic mass is 10.2. The Kier molecular flexibility index (Phi) is 4.53. The summed E-state index contributed by atoms with van der Waals surface area (Å²) in [5.74, 6) is -1.26. The number of carbonyl (C=O) groups is 2. The van der Waals surface area contributed by atoms with Gasteiger partial charge in [0.25, 0.3) is 11.5 Å². The zero-order chi connectivity index (χ0) is 19.8. The van der Waals surface area contributed by atoms with Crippen LogP contribution in [0, 0.1) is 6.92 Å². The number of fused-ring (bicyclic) bond motifs is 1. The molecule has 0 saturated carbocycles. The van der Waals surface area contributed by atoms with E-state index >= 15 is 0 Å². The van der Waals surface area contributed by atoms with Crippen LogP contribution in [0.1, 0.15) is 16.2 Å². The summed E-state index contributed by atoms with van der Waals surface area (Å²) in [7, 11) is 0. The fourth-order valence-electron chi connectivity index (χ4n) is 2.79. The number of amides is 2. The number of nitrogens with one attached hydrogen (secondary N) is 2. The first kappa shape index (κ1) is 18.1. The van der Waals surface area contributed by atoms with Gasteiger partial charge in [-0.15, -0.1) is 22.7 Å². The Hall–Kier alpha value is -3.31. The Morgan fingerprint density at radius 1 is 1.36 bits per heavy atom. The van der Waals surface area contributed by atoms with E-state index < -0.39 is 11.8 Å². The Bertz CT molecular complexity index is 1250. The lowest BCUT2D eigenvalue weighted by Gasteiger charge is -2.08. The van der Waals surface area contributed by atoms with Crippen LogP contribution in [0.15, 0.2) is 34.0 Å². The van der Waals surface area contributed by atoms with Crippen LogP contribution in [0.3, 0.4) is 0 Å². The molecule has 0 spiro atoms. The number of aromatic amines is 1. The second-order valence-corrected chi connectivity index (χ2v) is 7.77. The van der Waals surface area contributed by atoms with Crippen molar-refractivity contribution in [2.24, 2.45) is 5.73 Å². The van der Waals surface area contributed by atoms with Gasteiger partial charge >= 0.3 is 0 Å². The minimum absolute atomic E-state index is 0.0652. The SMILES string of the molecule is Cc1[nH]nc(C(N)=O)c1NC(=O)Cn1cnc2scc(-c3cccs3)c2c1=O. The van der Waals surface area contributed by atoms with Gasteiger partial charge in [-0.25, -0.2) is 4.98 Å².